The molecule has 0 aromatic heterocycles. The number of rotatable bonds is 69. The van der Waals surface area contributed by atoms with Crippen LogP contribution in [-0.4, -0.2) is 37.2 Å². The first-order chi connectivity index (χ1) is 39.5. The molecular weight excluding hydrogens is 985 g/mol. The first-order valence-corrected chi connectivity index (χ1v) is 36.7. The van der Waals surface area contributed by atoms with Crippen molar-refractivity contribution in [1.82, 2.24) is 0 Å². The van der Waals surface area contributed by atoms with Crippen molar-refractivity contribution in [1.29, 1.82) is 0 Å². The van der Waals surface area contributed by atoms with E-state index in [4.69, 9.17) is 14.2 Å². The molecular formula is C74H142O6. The summed E-state index contributed by atoms with van der Waals surface area (Å²) in [5.41, 5.74) is 0. The third kappa shape index (κ3) is 66.9. The number of carbonyl (C=O) groups excluding carboxylic acids is 3. The minimum Gasteiger partial charge on any atom is -0.462 e. The van der Waals surface area contributed by atoms with Crippen LogP contribution in [-0.2, 0) is 28.6 Å². The van der Waals surface area contributed by atoms with Crippen molar-refractivity contribution in [2.24, 2.45) is 0 Å². The summed E-state index contributed by atoms with van der Waals surface area (Å²) in [5, 5.41) is 0. The Morgan fingerprint density at radius 1 is 0.237 bits per heavy atom. The molecule has 0 radical (unpaired) electrons. The topological polar surface area (TPSA) is 78.9 Å². The van der Waals surface area contributed by atoms with E-state index >= 15 is 0 Å². The van der Waals surface area contributed by atoms with E-state index in [0.717, 1.165) is 57.8 Å². The van der Waals surface area contributed by atoms with E-state index in [-0.39, 0.29) is 31.1 Å². The Balaban J connectivity index is 4.11. The highest BCUT2D eigenvalue weighted by molar-refractivity contribution is 5.71. The molecule has 0 saturated carbocycles. The first kappa shape index (κ1) is 78.1. The minimum atomic E-state index is -0.769. The summed E-state index contributed by atoms with van der Waals surface area (Å²) >= 11 is 0. The van der Waals surface area contributed by atoms with E-state index in [1.165, 1.54) is 327 Å². The lowest BCUT2D eigenvalue weighted by Crippen LogP contribution is -2.30. The van der Waals surface area contributed by atoms with E-state index < -0.39 is 6.10 Å². The second kappa shape index (κ2) is 69.6. The fourth-order valence-electron chi connectivity index (χ4n) is 11.5. The van der Waals surface area contributed by atoms with Crippen LogP contribution in [0.4, 0.5) is 0 Å². The van der Waals surface area contributed by atoms with Crippen LogP contribution in [0.25, 0.3) is 0 Å². The molecule has 0 spiro atoms. The second-order valence-electron chi connectivity index (χ2n) is 25.2. The summed E-state index contributed by atoms with van der Waals surface area (Å²) in [4.78, 5) is 38.4. The van der Waals surface area contributed by atoms with Gasteiger partial charge in [0.05, 0.1) is 0 Å². The molecule has 1 atom stereocenters. The Bertz CT molecular complexity index is 1250. The van der Waals surface area contributed by atoms with Crippen LogP contribution in [0.2, 0.25) is 0 Å². The van der Waals surface area contributed by atoms with Crippen molar-refractivity contribution in [3.05, 3.63) is 12.2 Å². The van der Waals surface area contributed by atoms with Gasteiger partial charge in [-0.1, -0.05) is 373 Å². The van der Waals surface area contributed by atoms with Crippen LogP contribution in [0.15, 0.2) is 12.2 Å². The van der Waals surface area contributed by atoms with Crippen LogP contribution >= 0.6 is 0 Å². The largest absolute Gasteiger partial charge is 0.462 e. The number of carbonyl (C=O) groups is 3. The zero-order valence-corrected chi connectivity index (χ0v) is 54.6. The molecule has 0 aliphatic heterocycles. The molecule has 6 nitrogen and oxygen atoms in total. The van der Waals surface area contributed by atoms with Gasteiger partial charge in [0, 0.05) is 19.3 Å². The fourth-order valence-corrected chi connectivity index (χ4v) is 11.5. The maximum absolute atomic E-state index is 12.9. The predicted molar refractivity (Wildman–Crippen MR) is 349 cm³/mol. The van der Waals surface area contributed by atoms with E-state index in [9.17, 15) is 14.4 Å². The normalized spacial score (nSPS) is 12.0. The molecule has 0 N–H and O–H groups in total. The Morgan fingerprint density at radius 3 is 0.625 bits per heavy atom. The third-order valence-electron chi connectivity index (χ3n) is 17.0. The number of ether oxygens (including phenoxy) is 3. The summed E-state index contributed by atoms with van der Waals surface area (Å²) in [5.74, 6) is -0.835. The molecule has 0 heterocycles. The number of unbranched alkanes of at least 4 members (excludes halogenated alkanes) is 56. The molecule has 0 aliphatic rings. The fraction of sp³-hybridized carbons (Fsp3) is 0.932. The van der Waals surface area contributed by atoms with E-state index in [0.29, 0.717) is 19.3 Å². The molecule has 0 rings (SSSR count). The van der Waals surface area contributed by atoms with Crippen molar-refractivity contribution >= 4 is 17.9 Å². The number of hydrogen-bond donors (Lipinski definition) is 0. The monoisotopic (exact) mass is 1130 g/mol. The van der Waals surface area contributed by atoms with Crippen molar-refractivity contribution in [3.8, 4) is 0 Å². The van der Waals surface area contributed by atoms with E-state index in [2.05, 4.69) is 32.9 Å². The highest BCUT2D eigenvalue weighted by Gasteiger charge is 2.20. The van der Waals surface area contributed by atoms with Gasteiger partial charge in [0.1, 0.15) is 13.2 Å². The molecule has 6 heteroatoms. The lowest BCUT2D eigenvalue weighted by Gasteiger charge is -2.18. The third-order valence-corrected chi connectivity index (χ3v) is 17.0. The quantitative estimate of drug-likeness (QED) is 0.0261. The van der Waals surface area contributed by atoms with Crippen molar-refractivity contribution in [2.45, 2.75) is 431 Å². The van der Waals surface area contributed by atoms with Gasteiger partial charge in [-0.25, -0.2) is 0 Å². The van der Waals surface area contributed by atoms with Gasteiger partial charge < -0.3 is 14.2 Å². The molecule has 0 amide bonds. The van der Waals surface area contributed by atoms with Crippen LogP contribution < -0.4 is 0 Å². The van der Waals surface area contributed by atoms with Gasteiger partial charge in [-0.3, -0.25) is 14.4 Å². The summed E-state index contributed by atoms with van der Waals surface area (Å²) in [6.07, 6.45) is 84.1. The summed E-state index contributed by atoms with van der Waals surface area (Å²) in [6, 6.07) is 0. The van der Waals surface area contributed by atoms with Gasteiger partial charge in [-0.15, -0.1) is 0 Å². The van der Waals surface area contributed by atoms with E-state index in [1.807, 2.05) is 0 Å². The smallest absolute Gasteiger partial charge is 0.306 e. The average Bonchev–Trinajstić information content (AvgIpc) is 3.46. The SMILES string of the molecule is CCCCCCCCC/C=C\CCCCCCCCCC(=O)OC(COC(=O)CCCCCCCCCCCCCCC)COC(=O)CCCCCCCCCCCCCCCCCCCCCCCCCCCCCCCCC. The Hall–Kier alpha value is -1.85. The molecule has 0 saturated heterocycles. The highest BCUT2D eigenvalue weighted by Crippen LogP contribution is 2.19. The van der Waals surface area contributed by atoms with E-state index in [1.54, 1.807) is 0 Å². The Kier molecular flexibility index (Phi) is 68.0. The zero-order chi connectivity index (χ0) is 57.8. The van der Waals surface area contributed by atoms with Crippen molar-refractivity contribution < 1.29 is 28.6 Å². The molecule has 474 valence electrons. The van der Waals surface area contributed by atoms with Crippen LogP contribution in [0.5, 0.6) is 0 Å². The standard InChI is InChI=1S/C74H142O6/c1-4-7-10-13-16-19-22-25-27-29-31-32-33-34-35-36-37-38-39-40-41-42-43-45-46-49-52-55-58-61-64-67-73(76)79-70-71(69-78-72(75)66-63-60-57-54-51-48-24-21-18-15-12-9-6-3)80-74(77)68-65-62-59-56-53-50-47-44-30-28-26-23-20-17-14-11-8-5-2/h28,30,71H,4-27,29,31-70H2,1-3H3/b30-28-. The van der Waals surface area contributed by atoms with Gasteiger partial charge in [-0.2, -0.15) is 0 Å². The summed E-state index contributed by atoms with van der Waals surface area (Å²) < 4.78 is 17.0. The van der Waals surface area contributed by atoms with Crippen LogP contribution in [0.1, 0.15) is 425 Å². The number of esters is 3. The zero-order valence-electron chi connectivity index (χ0n) is 54.6. The maximum atomic E-state index is 12.9. The van der Waals surface area contributed by atoms with Gasteiger partial charge in [0.15, 0.2) is 6.10 Å². The summed E-state index contributed by atoms with van der Waals surface area (Å²) in [7, 11) is 0. The van der Waals surface area contributed by atoms with Crippen molar-refractivity contribution in [2.75, 3.05) is 13.2 Å². The number of hydrogen-bond acceptors (Lipinski definition) is 6. The van der Waals surface area contributed by atoms with Crippen molar-refractivity contribution in [3.63, 3.8) is 0 Å². The molecule has 0 aliphatic carbocycles. The Labute approximate surface area is 501 Å². The molecule has 0 aromatic rings. The van der Waals surface area contributed by atoms with Gasteiger partial charge in [-0.05, 0) is 44.9 Å². The van der Waals surface area contributed by atoms with Gasteiger partial charge in [0.2, 0.25) is 0 Å². The second-order valence-corrected chi connectivity index (χ2v) is 25.2. The van der Waals surface area contributed by atoms with Gasteiger partial charge in [0.25, 0.3) is 0 Å². The molecule has 0 aromatic carbocycles. The van der Waals surface area contributed by atoms with Gasteiger partial charge >= 0.3 is 17.9 Å². The highest BCUT2D eigenvalue weighted by atomic mass is 16.6. The molecule has 0 bridgehead atoms. The molecule has 0 fully saturated rings. The Morgan fingerprint density at radius 2 is 0.412 bits per heavy atom. The molecule has 1 unspecified atom stereocenters. The molecule has 80 heavy (non-hydrogen) atoms. The lowest BCUT2D eigenvalue weighted by molar-refractivity contribution is -0.167. The first-order valence-electron chi connectivity index (χ1n) is 36.7. The minimum absolute atomic E-state index is 0.0650. The predicted octanol–water partition coefficient (Wildman–Crippen LogP) is 25.2. The average molecular weight is 1130 g/mol. The number of allylic oxidation sites excluding steroid dienone is 2. The summed E-state index contributed by atoms with van der Waals surface area (Å²) in [6.45, 7) is 6.72. The lowest BCUT2D eigenvalue weighted by atomic mass is 10.0. The maximum Gasteiger partial charge on any atom is 0.306 e. The van der Waals surface area contributed by atoms with Crippen LogP contribution in [0.3, 0.4) is 0 Å². The van der Waals surface area contributed by atoms with Crippen LogP contribution in [0, 0.1) is 0 Å².